The van der Waals surface area contributed by atoms with Gasteiger partial charge in [-0.25, -0.2) is 12.8 Å². The molecule has 1 aromatic heterocycles. The molecule has 0 saturated heterocycles. The number of nitrogens with zero attached hydrogens (tertiary/aromatic N) is 1. The molecule has 0 bridgehead atoms. The van der Waals surface area contributed by atoms with E-state index >= 15 is 0 Å². The molecule has 3 rings (SSSR count). The van der Waals surface area contributed by atoms with E-state index in [1.54, 1.807) is 0 Å². The Kier molecular flexibility index (Phi) is 3.73. The van der Waals surface area contributed by atoms with Gasteiger partial charge in [0.05, 0.1) is 5.69 Å². The average molecular weight is 326 g/mol. The SMILES string of the molecule is Nc1cccc(F)c1S(=O)(=O)N(Cc1cccs1)C1CC1. The Balaban J connectivity index is 2.01. The smallest absolute Gasteiger partial charge is 0.248 e. The highest BCUT2D eigenvalue weighted by atomic mass is 32.2. The molecule has 2 N–H and O–H groups in total. The molecule has 0 spiro atoms. The summed E-state index contributed by atoms with van der Waals surface area (Å²) < 4.78 is 40.9. The second kappa shape index (κ2) is 5.40. The number of benzene rings is 1. The van der Waals surface area contributed by atoms with Gasteiger partial charge in [0.1, 0.15) is 10.7 Å². The number of sulfonamides is 1. The lowest BCUT2D eigenvalue weighted by molar-refractivity contribution is 0.398. The lowest BCUT2D eigenvalue weighted by atomic mass is 10.3. The van der Waals surface area contributed by atoms with Crippen molar-refractivity contribution in [1.29, 1.82) is 0 Å². The van der Waals surface area contributed by atoms with Gasteiger partial charge in [-0.1, -0.05) is 12.1 Å². The maximum Gasteiger partial charge on any atom is 0.248 e. The largest absolute Gasteiger partial charge is 0.398 e. The van der Waals surface area contributed by atoms with Crippen LogP contribution < -0.4 is 5.73 Å². The van der Waals surface area contributed by atoms with E-state index in [0.717, 1.165) is 23.8 Å². The second-order valence-electron chi connectivity index (χ2n) is 5.02. The van der Waals surface area contributed by atoms with Gasteiger partial charge in [-0.15, -0.1) is 11.3 Å². The maximum absolute atomic E-state index is 14.0. The fraction of sp³-hybridized carbons (Fsp3) is 0.286. The van der Waals surface area contributed by atoms with Crippen LogP contribution in [0.1, 0.15) is 17.7 Å². The molecule has 0 radical (unpaired) electrons. The van der Waals surface area contributed by atoms with Crippen molar-refractivity contribution in [2.24, 2.45) is 0 Å². The van der Waals surface area contributed by atoms with Crippen LogP contribution in [0, 0.1) is 5.82 Å². The molecule has 1 heterocycles. The molecule has 0 atom stereocenters. The van der Waals surface area contributed by atoms with E-state index in [-0.39, 0.29) is 18.3 Å². The molecule has 0 unspecified atom stereocenters. The minimum atomic E-state index is -3.94. The van der Waals surface area contributed by atoms with Crippen molar-refractivity contribution < 1.29 is 12.8 Å². The molecular formula is C14H15FN2O2S2. The number of anilines is 1. The van der Waals surface area contributed by atoms with Crippen LogP contribution in [0.15, 0.2) is 40.6 Å². The molecule has 1 aliphatic rings. The van der Waals surface area contributed by atoms with Gasteiger partial charge in [-0.2, -0.15) is 4.31 Å². The van der Waals surface area contributed by atoms with E-state index < -0.39 is 20.7 Å². The topological polar surface area (TPSA) is 63.4 Å². The summed E-state index contributed by atoms with van der Waals surface area (Å²) in [6, 6.07) is 7.63. The summed E-state index contributed by atoms with van der Waals surface area (Å²) in [6.45, 7) is 0.262. The monoisotopic (exact) mass is 326 g/mol. The molecule has 21 heavy (non-hydrogen) atoms. The Bertz CT molecular complexity index is 720. The van der Waals surface area contributed by atoms with Gasteiger partial charge in [0, 0.05) is 17.5 Å². The standard InChI is InChI=1S/C14H15FN2O2S2/c15-12-4-1-5-13(16)14(12)21(18,19)17(10-6-7-10)9-11-3-2-8-20-11/h1-5,8,10H,6-7,9,16H2. The molecule has 1 aromatic carbocycles. The van der Waals surface area contributed by atoms with Crippen LogP contribution >= 0.6 is 11.3 Å². The number of nitrogens with two attached hydrogens (primary N) is 1. The van der Waals surface area contributed by atoms with Gasteiger partial charge in [0.25, 0.3) is 0 Å². The number of halogens is 1. The fourth-order valence-electron chi connectivity index (χ4n) is 2.24. The molecule has 1 aliphatic carbocycles. The maximum atomic E-state index is 14.0. The van der Waals surface area contributed by atoms with E-state index in [0.29, 0.717) is 0 Å². The third kappa shape index (κ3) is 2.81. The summed E-state index contributed by atoms with van der Waals surface area (Å²) in [7, 11) is -3.94. The number of thiophene rings is 1. The van der Waals surface area contributed by atoms with Crippen LogP contribution in [0.5, 0.6) is 0 Å². The highest BCUT2D eigenvalue weighted by molar-refractivity contribution is 7.89. The zero-order valence-corrected chi connectivity index (χ0v) is 12.8. The summed E-state index contributed by atoms with van der Waals surface area (Å²) in [6.07, 6.45) is 1.61. The Labute approximate surface area is 127 Å². The Morgan fingerprint density at radius 2 is 2.05 bits per heavy atom. The van der Waals surface area contributed by atoms with Crippen LogP contribution in [-0.4, -0.2) is 18.8 Å². The molecule has 1 fully saturated rings. The predicted octanol–water partition coefficient (Wildman–Crippen LogP) is 2.82. The Hall–Kier alpha value is -1.44. The highest BCUT2D eigenvalue weighted by Crippen LogP contribution is 2.36. The van der Waals surface area contributed by atoms with Crippen LogP contribution in [-0.2, 0) is 16.6 Å². The molecular weight excluding hydrogens is 311 g/mol. The van der Waals surface area contributed by atoms with E-state index in [9.17, 15) is 12.8 Å². The van der Waals surface area contributed by atoms with E-state index in [1.165, 1.54) is 27.8 Å². The first kappa shape index (κ1) is 14.5. The number of hydrogen-bond donors (Lipinski definition) is 1. The van der Waals surface area contributed by atoms with Crippen molar-refractivity contribution in [3.05, 3.63) is 46.4 Å². The first-order chi connectivity index (χ1) is 10.00. The molecule has 4 nitrogen and oxygen atoms in total. The first-order valence-corrected chi connectivity index (χ1v) is 8.90. The van der Waals surface area contributed by atoms with Crippen LogP contribution in [0.25, 0.3) is 0 Å². The van der Waals surface area contributed by atoms with Crippen LogP contribution in [0.2, 0.25) is 0 Å². The van der Waals surface area contributed by atoms with Crippen LogP contribution in [0.4, 0.5) is 10.1 Å². The predicted molar refractivity (Wildman–Crippen MR) is 80.9 cm³/mol. The molecule has 0 aliphatic heterocycles. The first-order valence-electron chi connectivity index (χ1n) is 6.58. The zero-order valence-electron chi connectivity index (χ0n) is 11.2. The zero-order chi connectivity index (χ0) is 15.0. The van der Waals surface area contributed by atoms with Crippen LogP contribution in [0.3, 0.4) is 0 Å². The summed E-state index contributed by atoms with van der Waals surface area (Å²) in [5, 5.41) is 1.89. The van der Waals surface area contributed by atoms with Crippen molar-refractivity contribution in [2.75, 3.05) is 5.73 Å². The van der Waals surface area contributed by atoms with Crippen molar-refractivity contribution in [3.63, 3.8) is 0 Å². The second-order valence-corrected chi connectivity index (χ2v) is 7.88. The van der Waals surface area contributed by atoms with Gasteiger partial charge in [-0.05, 0) is 36.4 Å². The average Bonchev–Trinajstić information content (AvgIpc) is 3.11. The van der Waals surface area contributed by atoms with E-state index in [2.05, 4.69) is 0 Å². The quantitative estimate of drug-likeness (QED) is 0.859. The highest BCUT2D eigenvalue weighted by Gasteiger charge is 2.40. The van der Waals surface area contributed by atoms with Gasteiger partial charge >= 0.3 is 0 Å². The van der Waals surface area contributed by atoms with Crippen molar-refractivity contribution >= 4 is 27.0 Å². The minimum Gasteiger partial charge on any atom is -0.398 e. The number of nitrogen functional groups attached to an aromatic ring is 1. The van der Waals surface area contributed by atoms with Crippen molar-refractivity contribution in [1.82, 2.24) is 4.31 Å². The number of hydrogen-bond acceptors (Lipinski definition) is 4. The molecule has 0 amide bonds. The van der Waals surface area contributed by atoms with Gasteiger partial charge in [-0.3, -0.25) is 0 Å². The summed E-state index contributed by atoms with van der Waals surface area (Å²) in [4.78, 5) is 0.522. The lowest BCUT2D eigenvalue weighted by Gasteiger charge is -2.22. The van der Waals surface area contributed by atoms with Gasteiger partial charge < -0.3 is 5.73 Å². The molecule has 112 valence electrons. The summed E-state index contributed by atoms with van der Waals surface area (Å²) in [5.74, 6) is -0.799. The third-order valence-corrected chi connectivity index (χ3v) is 6.26. The lowest BCUT2D eigenvalue weighted by Crippen LogP contribution is -2.33. The van der Waals surface area contributed by atoms with E-state index in [4.69, 9.17) is 5.73 Å². The van der Waals surface area contributed by atoms with Crippen molar-refractivity contribution in [3.8, 4) is 0 Å². The normalized spacial score (nSPS) is 15.5. The molecule has 7 heteroatoms. The minimum absolute atomic E-state index is 0.0492. The van der Waals surface area contributed by atoms with Gasteiger partial charge in [0.2, 0.25) is 10.0 Å². The van der Waals surface area contributed by atoms with E-state index in [1.807, 2.05) is 17.5 Å². The summed E-state index contributed by atoms with van der Waals surface area (Å²) in [5.41, 5.74) is 5.65. The fourth-order valence-corrected chi connectivity index (χ4v) is 4.86. The van der Waals surface area contributed by atoms with Gasteiger partial charge in [0.15, 0.2) is 0 Å². The number of rotatable bonds is 5. The molecule has 1 saturated carbocycles. The third-order valence-electron chi connectivity index (χ3n) is 3.41. The Morgan fingerprint density at radius 3 is 2.62 bits per heavy atom. The summed E-state index contributed by atoms with van der Waals surface area (Å²) >= 11 is 1.49. The molecule has 2 aromatic rings. The van der Waals surface area contributed by atoms with Crippen molar-refractivity contribution in [2.45, 2.75) is 30.3 Å². The Morgan fingerprint density at radius 1 is 1.29 bits per heavy atom.